The Balaban J connectivity index is 2.02. The van der Waals surface area contributed by atoms with E-state index in [9.17, 15) is 9.90 Å². The van der Waals surface area contributed by atoms with Gasteiger partial charge >= 0.3 is 6.09 Å². The van der Waals surface area contributed by atoms with Gasteiger partial charge < -0.3 is 20.9 Å². The third-order valence-electron chi connectivity index (χ3n) is 5.18. The van der Waals surface area contributed by atoms with Crippen LogP contribution in [0.15, 0.2) is 30.3 Å². The molecule has 5 nitrogen and oxygen atoms in total. The molecule has 152 valence electrons. The van der Waals surface area contributed by atoms with E-state index in [-0.39, 0.29) is 0 Å². The minimum absolute atomic E-state index is 0.401. The number of benzene rings is 1. The van der Waals surface area contributed by atoms with Gasteiger partial charge in [-0.15, -0.1) is 0 Å². The molecule has 0 unspecified atom stereocenters. The lowest BCUT2D eigenvalue weighted by Gasteiger charge is -2.33. The molecule has 1 amide bonds. The number of carbonyl (C=O) groups is 1. The van der Waals surface area contributed by atoms with E-state index in [4.69, 9.17) is 10.5 Å². The van der Waals surface area contributed by atoms with Crippen molar-refractivity contribution < 1.29 is 14.6 Å². The Morgan fingerprint density at radius 2 is 1.85 bits per heavy atom. The number of rotatable bonds is 7. The topological polar surface area (TPSA) is 84.6 Å². The molecule has 0 aromatic heterocycles. The highest BCUT2D eigenvalue weighted by molar-refractivity contribution is 5.68. The third kappa shape index (κ3) is 7.89. The van der Waals surface area contributed by atoms with Crippen molar-refractivity contribution in [1.82, 2.24) is 5.32 Å². The summed E-state index contributed by atoms with van der Waals surface area (Å²) >= 11 is 0. The molecule has 1 saturated carbocycles. The van der Waals surface area contributed by atoms with Crippen LogP contribution in [-0.4, -0.2) is 35.0 Å². The molecule has 4 N–H and O–H groups in total. The molecule has 1 aliphatic rings. The Kier molecular flexibility index (Phi) is 8.11. The summed E-state index contributed by atoms with van der Waals surface area (Å²) in [5, 5.41) is 13.8. The third-order valence-corrected chi connectivity index (χ3v) is 5.18. The molecule has 0 saturated heterocycles. The summed E-state index contributed by atoms with van der Waals surface area (Å²) in [5.74, 6) is 0.511. The van der Waals surface area contributed by atoms with Gasteiger partial charge in [-0.05, 0) is 45.1 Å². The maximum atomic E-state index is 12.3. The smallest absolute Gasteiger partial charge is 0.407 e. The lowest BCUT2D eigenvalue weighted by molar-refractivity contribution is 0.0353. The molecule has 3 atom stereocenters. The van der Waals surface area contributed by atoms with Crippen molar-refractivity contribution in [3.63, 3.8) is 0 Å². The second kappa shape index (κ2) is 10.1. The fourth-order valence-electron chi connectivity index (χ4n) is 3.83. The summed E-state index contributed by atoms with van der Waals surface area (Å²) in [6, 6.07) is 9.05. The van der Waals surface area contributed by atoms with Crippen molar-refractivity contribution in [1.29, 1.82) is 0 Å². The van der Waals surface area contributed by atoms with Crippen molar-refractivity contribution >= 4 is 6.09 Å². The van der Waals surface area contributed by atoms with Crippen LogP contribution in [0.2, 0.25) is 0 Å². The van der Waals surface area contributed by atoms with Gasteiger partial charge in [0.2, 0.25) is 0 Å². The van der Waals surface area contributed by atoms with E-state index in [2.05, 4.69) is 5.32 Å². The first-order valence-corrected chi connectivity index (χ1v) is 10.2. The normalized spacial score (nSPS) is 19.1. The Labute approximate surface area is 163 Å². The summed E-state index contributed by atoms with van der Waals surface area (Å²) < 4.78 is 5.40. The lowest BCUT2D eigenvalue weighted by Crippen LogP contribution is -2.53. The molecular formula is C22H36N2O3. The van der Waals surface area contributed by atoms with Crippen LogP contribution in [0.4, 0.5) is 4.79 Å². The van der Waals surface area contributed by atoms with Gasteiger partial charge in [0.1, 0.15) is 5.60 Å². The molecule has 27 heavy (non-hydrogen) atoms. The molecule has 1 aliphatic carbocycles. The van der Waals surface area contributed by atoms with E-state index in [0.717, 1.165) is 24.8 Å². The summed E-state index contributed by atoms with van der Waals surface area (Å²) in [6.45, 7) is 5.50. The van der Waals surface area contributed by atoms with Crippen molar-refractivity contribution in [3.8, 4) is 0 Å². The van der Waals surface area contributed by atoms with Crippen LogP contribution in [-0.2, 0) is 11.2 Å². The SMILES string of the molecule is CC(C)(C)OC(=O)N[C@H](CC1CCCCC1)[C@@H](O)[C@H](N)Cc1ccccc1. The summed E-state index contributed by atoms with van der Waals surface area (Å²) in [6.07, 6.45) is 6.00. The second-order valence-electron chi connectivity index (χ2n) is 8.84. The Morgan fingerprint density at radius 1 is 1.22 bits per heavy atom. The van der Waals surface area contributed by atoms with E-state index in [1.165, 1.54) is 19.3 Å². The number of nitrogens with two attached hydrogens (primary N) is 1. The number of aliphatic hydroxyl groups is 1. The van der Waals surface area contributed by atoms with Crippen LogP contribution in [0.1, 0.15) is 64.9 Å². The molecule has 1 aromatic rings. The van der Waals surface area contributed by atoms with Gasteiger partial charge in [0.15, 0.2) is 0 Å². The van der Waals surface area contributed by atoms with Gasteiger partial charge in [-0.25, -0.2) is 4.79 Å². The van der Waals surface area contributed by atoms with Gasteiger partial charge in [0.05, 0.1) is 12.1 Å². The minimum atomic E-state index is -0.820. The van der Waals surface area contributed by atoms with E-state index < -0.39 is 29.9 Å². The van der Waals surface area contributed by atoms with Gasteiger partial charge in [-0.1, -0.05) is 62.4 Å². The van der Waals surface area contributed by atoms with Crippen molar-refractivity contribution in [2.45, 2.75) is 89.5 Å². The Morgan fingerprint density at radius 3 is 2.44 bits per heavy atom. The summed E-state index contributed by atoms with van der Waals surface area (Å²) in [5.41, 5.74) is 6.82. The average molecular weight is 377 g/mol. The van der Waals surface area contributed by atoms with Crippen molar-refractivity contribution in [2.75, 3.05) is 0 Å². The number of ether oxygens (including phenoxy) is 1. The van der Waals surface area contributed by atoms with Crippen LogP contribution in [0.25, 0.3) is 0 Å². The quantitative estimate of drug-likeness (QED) is 0.676. The molecule has 1 fully saturated rings. The van der Waals surface area contributed by atoms with Crippen LogP contribution >= 0.6 is 0 Å². The lowest BCUT2D eigenvalue weighted by atomic mass is 9.82. The summed E-state index contributed by atoms with van der Waals surface area (Å²) in [7, 11) is 0. The van der Waals surface area contributed by atoms with Crippen LogP contribution < -0.4 is 11.1 Å². The first-order valence-electron chi connectivity index (χ1n) is 10.2. The van der Waals surface area contributed by atoms with E-state index in [0.29, 0.717) is 12.3 Å². The Hall–Kier alpha value is -1.59. The van der Waals surface area contributed by atoms with E-state index in [1.54, 1.807) is 0 Å². The molecule has 1 aromatic carbocycles. The Bertz CT molecular complexity index is 565. The number of aliphatic hydroxyl groups excluding tert-OH is 1. The van der Waals surface area contributed by atoms with Crippen molar-refractivity contribution in [2.24, 2.45) is 11.7 Å². The largest absolute Gasteiger partial charge is 0.444 e. The minimum Gasteiger partial charge on any atom is -0.444 e. The van der Waals surface area contributed by atoms with Crippen molar-refractivity contribution in [3.05, 3.63) is 35.9 Å². The van der Waals surface area contributed by atoms with Gasteiger partial charge in [0.25, 0.3) is 0 Å². The molecule has 0 heterocycles. The maximum absolute atomic E-state index is 12.3. The zero-order valence-electron chi connectivity index (χ0n) is 17.0. The number of alkyl carbamates (subject to hydrolysis) is 1. The standard InChI is InChI=1S/C22H36N2O3/c1-22(2,3)27-21(26)24-19(15-17-12-8-5-9-13-17)20(25)18(23)14-16-10-6-4-7-11-16/h4,6-7,10-11,17-20,25H,5,8-9,12-15,23H2,1-3H3,(H,24,26)/t18-,19-,20+/m1/s1. The highest BCUT2D eigenvalue weighted by atomic mass is 16.6. The fraction of sp³-hybridized carbons (Fsp3) is 0.682. The highest BCUT2D eigenvalue weighted by Gasteiger charge is 2.31. The summed E-state index contributed by atoms with van der Waals surface area (Å²) in [4.78, 5) is 12.3. The number of nitrogens with one attached hydrogen (secondary N) is 1. The molecule has 0 radical (unpaired) electrons. The molecule has 5 heteroatoms. The van der Waals surface area contributed by atoms with Gasteiger partial charge in [-0.2, -0.15) is 0 Å². The van der Waals surface area contributed by atoms with Gasteiger partial charge in [-0.3, -0.25) is 0 Å². The van der Waals surface area contributed by atoms with Crippen LogP contribution in [0.5, 0.6) is 0 Å². The number of hydrogen-bond acceptors (Lipinski definition) is 4. The molecule has 0 spiro atoms. The molecular weight excluding hydrogens is 340 g/mol. The zero-order valence-corrected chi connectivity index (χ0v) is 17.0. The molecule has 2 rings (SSSR count). The molecule has 0 aliphatic heterocycles. The number of carbonyl (C=O) groups excluding carboxylic acids is 1. The van der Waals surface area contributed by atoms with E-state index >= 15 is 0 Å². The second-order valence-corrected chi connectivity index (χ2v) is 8.84. The number of amides is 1. The first-order chi connectivity index (χ1) is 12.7. The van der Waals surface area contributed by atoms with Gasteiger partial charge in [0, 0.05) is 6.04 Å². The van der Waals surface area contributed by atoms with Crippen LogP contribution in [0.3, 0.4) is 0 Å². The first kappa shape index (κ1) is 21.7. The van der Waals surface area contributed by atoms with E-state index in [1.807, 2.05) is 51.1 Å². The number of hydrogen-bond donors (Lipinski definition) is 3. The zero-order chi connectivity index (χ0) is 19.9. The highest BCUT2D eigenvalue weighted by Crippen LogP contribution is 2.28. The van der Waals surface area contributed by atoms with Crippen LogP contribution in [0, 0.1) is 5.92 Å². The average Bonchev–Trinajstić information content (AvgIpc) is 2.60. The predicted molar refractivity (Wildman–Crippen MR) is 108 cm³/mol. The monoisotopic (exact) mass is 376 g/mol. The predicted octanol–water partition coefficient (Wildman–Crippen LogP) is 3.78. The molecule has 0 bridgehead atoms. The fourth-order valence-corrected chi connectivity index (χ4v) is 3.83. The maximum Gasteiger partial charge on any atom is 0.407 e.